The van der Waals surface area contributed by atoms with Crippen molar-refractivity contribution in [2.45, 2.75) is 6.92 Å². The molecule has 0 bridgehead atoms. The molecule has 0 atom stereocenters. The van der Waals surface area contributed by atoms with Crippen LogP contribution in [0.3, 0.4) is 0 Å². The Morgan fingerprint density at radius 3 is 2.81 bits per heavy atom. The average Bonchev–Trinajstić information content (AvgIpc) is 2.24. The summed E-state index contributed by atoms with van der Waals surface area (Å²) in [5, 5.41) is 16.7. The summed E-state index contributed by atoms with van der Waals surface area (Å²) in [5.41, 5.74) is 0.595. The summed E-state index contributed by atoms with van der Waals surface area (Å²) in [6.45, 7) is 3.19. The van der Waals surface area contributed by atoms with Crippen LogP contribution in [0.1, 0.15) is 5.56 Å². The lowest BCUT2D eigenvalue weighted by molar-refractivity contribution is -0.385. The van der Waals surface area contributed by atoms with Crippen molar-refractivity contribution in [2.75, 3.05) is 25.5 Å². The van der Waals surface area contributed by atoms with Crippen molar-refractivity contribution in [3.8, 4) is 0 Å². The topological polar surface area (TPSA) is 80.1 Å². The minimum Gasteiger partial charge on any atom is -0.368 e. The van der Waals surface area contributed by atoms with E-state index in [1.165, 1.54) is 6.20 Å². The molecule has 0 amide bonds. The molecule has 0 unspecified atom stereocenters. The SMILES string of the molecule is CNCCNc1ncc([N+](=O)[O-])c(C)c1Br. The van der Waals surface area contributed by atoms with Gasteiger partial charge in [0.25, 0.3) is 5.69 Å². The summed E-state index contributed by atoms with van der Waals surface area (Å²) in [5.74, 6) is 0.623. The van der Waals surface area contributed by atoms with Gasteiger partial charge in [0.2, 0.25) is 0 Å². The maximum atomic E-state index is 10.7. The number of nitrogens with one attached hydrogen (secondary N) is 2. The van der Waals surface area contributed by atoms with Crippen molar-refractivity contribution in [3.63, 3.8) is 0 Å². The molecule has 0 aliphatic carbocycles. The summed E-state index contributed by atoms with van der Waals surface area (Å²) >= 11 is 3.30. The first-order chi connectivity index (χ1) is 7.57. The Bertz CT molecular complexity index is 397. The van der Waals surface area contributed by atoms with Gasteiger partial charge in [-0.25, -0.2) is 4.98 Å². The van der Waals surface area contributed by atoms with Crippen molar-refractivity contribution in [3.05, 3.63) is 26.3 Å². The van der Waals surface area contributed by atoms with E-state index in [2.05, 4.69) is 31.5 Å². The molecule has 7 heteroatoms. The number of likely N-dealkylation sites (N-methyl/N-ethyl adjacent to an activating group) is 1. The summed E-state index contributed by atoms with van der Waals surface area (Å²) in [7, 11) is 1.85. The number of hydrogen-bond acceptors (Lipinski definition) is 5. The van der Waals surface area contributed by atoms with Crippen molar-refractivity contribution < 1.29 is 4.92 Å². The Balaban J connectivity index is 2.89. The van der Waals surface area contributed by atoms with Gasteiger partial charge < -0.3 is 10.6 Å². The largest absolute Gasteiger partial charge is 0.368 e. The highest BCUT2D eigenvalue weighted by atomic mass is 79.9. The molecule has 1 heterocycles. The molecule has 0 aromatic carbocycles. The number of anilines is 1. The molecule has 1 rings (SSSR count). The van der Waals surface area contributed by atoms with E-state index in [1.54, 1.807) is 6.92 Å². The lowest BCUT2D eigenvalue weighted by atomic mass is 10.2. The molecular weight excluding hydrogens is 276 g/mol. The molecule has 0 aliphatic heterocycles. The second kappa shape index (κ2) is 5.76. The van der Waals surface area contributed by atoms with E-state index in [9.17, 15) is 10.1 Å². The lowest BCUT2D eigenvalue weighted by Gasteiger charge is -2.08. The molecule has 0 radical (unpaired) electrons. The fraction of sp³-hybridized carbons (Fsp3) is 0.444. The Morgan fingerprint density at radius 1 is 1.56 bits per heavy atom. The predicted octanol–water partition coefficient (Wildman–Crippen LogP) is 1.69. The van der Waals surface area contributed by atoms with Crippen LogP contribution < -0.4 is 10.6 Å². The average molecular weight is 289 g/mol. The molecule has 6 nitrogen and oxygen atoms in total. The van der Waals surface area contributed by atoms with E-state index in [0.717, 1.165) is 6.54 Å². The second-order valence-electron chi connectivity index (χ2n) is 3.22. The first kappa shape index (κ1) is 12.9. The van der Waals surface area contributed by atoms with E-state index in [-0.39, 0.29) is 5.69 Å². The van der Waals surface area contributed by atoms with Gasteiger partial charge in [-0.05, 0) is 29.9 Å². The molecule has 1 aromatic rings. The molecular formula is C9H13BrN4O2. The number of aromatic nitrogens is 1. The van der Waals surface area contributed by atoms with Crippen molar-refractivity contribution >= 4 is 27.4 Å². The van der Waals surface area contributed by atoms with Crippen LogP contribution in [0.2, 0.25) is 0 Å². The van der Waals surface area contributed by atoms with Gasteiger partial charge in [-0.3, -0.25) is 10.1 Å². The third-order valence-electron chi connectivity index (χ3n) is 2.10. The zero-order valence-electron chi connectivity index (χ0n) is 9.08. The fourth-order valence-corrected chi connectivity index (χ4v) is 1.63. The van der Waals surface area contributed by atoms with E-state index in [1.807, 2.05) is 7.05 Å². The molecule has 0 fully saturated rings. The van der Waals surface area contributed by atoms with Crippen LogP contribution in [0.15, 0.2) is 10.7 Å². The van der Waals surface area contributed by atoms with Gasteiger partial charge >= 0.3 is 0 Å². The third-order valence-corrected chi connectivity index (χ3v) is 3.07. The predicted molar refractivity (Wildman–Crippen MR) is 65.7 cm³/mol. The molecule has 0 aliphatic rings. The van der Waals surface area contributed by atoms with Gasteiger partial charge in [0.15, 0.2) is 0 Å². The van der Waals surface area contributed by atoms with Crippen molar-refractivity contribution in [2.24, 2.45) is 0 Å². The number of rotatable bonds is 5. The molecule has 0 saturated carbocycles. The van der Waals surface area contributed by atoms with E-state index < -0.39 is 4.92 Å². The Kier molecular flexibility index (Phi) is 4.63. The van der Waals surface area contributed by atoms with Crippen LogP contribution in [0, 0.1) is 17.0 Å². The highest BCUT2D eigenvalue weighted by Crippen LogP contribution is 2.30. The minimum atomic E-state index is -0.440. The van der Waals surface area contributed by atoms with Crippen LogP contribution in [0.25, 0.3) is 0 Å². The van der Waals surface area contributed by atoms with Crippen LogP contribution in [0.5, 0.6) is 0 Å². The molecule has 0 saturated heterocycles. The van der Waals surface area contributed by atoms with Gasteiger partial charge in [0.1, 0.15) is 12.0 Å². The third kappa shape index (κ3) is 2.89. The second-order valence-corrected chi connectivity index (χ2v) is 4.01. The summed E-state index contributed by atoms with van der Waals surface area (Å²) in [6.07, 6.45) is 1.27. The molecule has 0 spiro atoms. The smallest absolute Gasteiger partial charge is 0.291 e. The quantitative estimate of drug-likeness (QED) is 0.490. The Labute approximate surface area is 102 Å². The van der Waals surface area contributed by atoms with Gasteiger partial charge in [-0.1, -0.05) is 0 Å². The standard InChI is InChI=1S/C9H13BrN4O2/c1-6-7(14(15)16)5-13-9(8(6)10)12-4-3-11-2/h5,11H,3-4H2,1-2H3,(H,12,13). The van der Waals surface area contributed by atoms with Crippen molar-refractivity contribution in [1.82, 2.24) is 10.3 Å². The minimum absolute atomic E-state index is 0.0195. The maximum Gasteiger partial charge on any atom is 0.291 e. The summed E-state index contributed by atoms with van der Waals surface area (Å²) in [4.78, 5) is 14.2. The number of hydrogen-bond donors (Lipinski definition) is 2. The molecule has 1 aromatic heterocycles. The monoisotopic (exact) mass is 288 g/mol. The van der Waals surface area contributed by atoms with Crippen molar-refractivity contribution in [1.29, 1.82) is 0 Å². The normalized spacial score (nSPS) is 10.2. The molecule has 88 valence electrons. The van der Waals surface area contributed by atoms with Crippen LogP contribution in [-0.2, 0) is 0 Å². The zero-order valence-corrected chi connectivity index (χ0v) is 10.7. The summed E-state index contributed by atoms with van der Waals surface area (Å²) < 4.78 is 0.637. The Hall–Kier alpha value is -1.21. The number of halogens is 1. The van der Waals surface area contributed by atoms with Crippen LogP contribution >= 0.6 is 15.9 Å². The lowest BCUT2D eigenvalue weighted by Crippen LogP contribution is -2.18. The zero-order chi connectivity index (χ0) is 12.1. The van der Waals surface area contributed by atoms with Gasteiger partial charge in [0, 0.05) is 18.7 Å². The first-order valence-corrected chi connectivity index (χ1v) is 5.55. The van der Waals surface area contributed by atoms with E-state index >= 15 is 0 Å². The van der Waals surface area contributed by atoms with Gasteiger partial charge in [-0.2, -0.15) is 0 Å². The molecule has 16 heavy (non-hydrogen) atoms. The maximum absolute atomic E-state index is 10.7. The van der Waals surface area contributed by atoms with Gasteiger partial charge in [-0.15, -0.1) is 0 Å². The molecule has 2 N–H and O–H groups in total. The van der Waals surface area contributed by atoms with Crippen LogP contribution in [0.4, 0.5) is 11.5 Å². The van der Waals surface area contributed by atoms with E-state index in [4.69, 9.17) is 0 Å². The number of nitrogens with zero attached hydrogens (tertiary/aromatic N) is 2. The highest BCUT2D eigenvalue weighted by Gasteiger charge is 2.16. The first-order valence-electron chi connectivity index (χ1n) is 4.76. The van der Waals surface area contributed by atoms with Crippen LogP contribution in [-0.4, -0.2) is 30.0 Å². The highest BCUT2D eigenvalue weighted by molar-refractivity contribution is 9.10. The number of nitro groups is 1. The Morgan fingerprint density at radius 2 is 2.25 bits per heavy atom. The van der Waals surface area contributed by atoms with Gasteiger partial charge in [0.05, 0.1) is 9.40 Å². The fourth-order valence-electron chi connectivity index (χ4n) is 1.18. The number of pyridine rings is 1. The summed E-state index contributed by atoms with van der Waals surface area (Å²) in [6, 6.07) is 0. The van der Waals surface area contributed by atoms with E-state index in [0.29, 0.717) is 22.4 Å².